The maximum atomic E-state index is 10.3. The molecule has 0 radical (unpaired) electrons. The number of nitrogens with one attached hydrogen (secondary N) is 1. The molecule has 1 aliphatic rings. The van der Waals surface area contributed by atoms with Gasteiger partial charge in [0.2, 0.25) is 0 Å². The van der Waals surface area contributed by atoms with Crippen LogP contribution in [-0.4, -0.2) is 28.0 Å². The van der Waals surface area contributed by atoms with Crippen molar-refractivity contribution in [2.75, 3.05) is 5.32 Å². The third kappa shape index (κ3) is 2.52. The number of anilines is 1. The van der Waals surface area contributed by atoms with Crippen LogP contribution in [0.15, 0.2) is 12.1 Å². The molecule has 2 rings (SSSR count). The predicted octanol–water partition coefficient (Wildman–Crippen LogP) is 2.57. The van der Waals surface area contributed by atoms with Crippen LogP contribution >= 0.6 is 11.6 Å². The summed E-state index contributed by atoms with van der Waals surface area (Å²) >= 11 is 6.31. The predicted molar refractivity (Wildman–Crippen MR) is 82.0 cm³/mol. The van der Waals surface area contributed by atoms with Crippen molar-refractivity contribution in [3.8, 4) is 12.3 Å². The van der Waals surface area contributed by atoms with E-state index >= 15 is 0 Å². The largest absolute Gasteiger partial charge is 0.390 e. The minimum Gasteiger partial charge on any atom is -0.390 e. The summed E-state index contributed by atoms with van der Waals surface area (Å²) in [5.74, 6) is 2.57. The summed E-state index contributed by atoms with van der Waals surface area (Å²) in [6.45, 7) is 3.67. The average molecular weight is 294 g/mol. The van der Waals surface area contributed by atoms with E-state index in [1.807, 2.05) is 13.0 Å². The minimum absolute atomic E-state index is 0.199. The van der Waals surface area contributed by atoms with Crippen molar-refractivity contribution >= 4 is 17.3 Å². The van der Waals surface area contributed by atoms with Gasteiger partial charge in [-0.15, -0.1) is 6.42 Å². The Bertz CT molecular complexity index is 548. The van der Waals surface area contributed by atoms with Crippen molar-refractivity contribution in [2.24, 2.45) is 0 Å². The zero-order valence-electron chi connectivity index (χ0n) is 11.8. The molecule has 108 valence electrons. The van der Waals surface area contributed by atoms with Gasteiger partial charge in [-0.25, -0.2) is 0 Å². The van der Waals surface area contributed by atoms with Crippen LogP contribution in [0.5, 0.6) is 0 Å². The first-order valence-corrected chi connectivity index (χ1v) is 7.24. The summed E-state index contributed by atoms with van der Waals surface area (Å²) in [5, 5.41) is 24.1. The highest BCUT2D eigenvalue weighted by Gasteiger charge is 2.44. The number of terminal acetylenes is 1. The summed E-state index contributed by atoms with van der Waals surface area (Å²) in [6.07, 6.45) is 6.76. The molecule has 0 amide bonds. The Morgan fingerprint density at radius 2 is 2.20 bits per heavy atom. The number of halogens is 1. The van der Waals surface area contributed by atoms with Crippen molar-refractivity contribution < 1.29 is 10.2 Å². The lowest BCUT2D eigenvalue weighted by Crippen LogP contribution is -2.46. The lowest BCUT2D eigenvalue weighted by Gasteiger charge is -2.30. The Morgan fingerprint density at radius 1 is 1.50 bits per heavy atom. The zero-order chi connectivity index (χ0) is 14.9. The van der Waals surface area contributed by atoms with Crippen molar-refractivity contribution in [1.82, 2.24) is 0 Å². The summed E-state index contributed by atoms with van der Waals surface area (Å²) in [4.78, 5) is 0. The van der Waals surface area contributed by atoms with Crippen LogP contribution in [0.2, 0.25) is 5.02 Å². The Balaban J connectivity index is 2.31. The van der Waals surface area contributed by atoms with Gasteiger partial charge in [0.1, 0.15) is 5.60 Å². The lowest BCUT2D eigenvalue weighted by molar-refractivity contribution is -0.0438. The van der Waals surface area contributed by atoms with Gasteiger partial charge in [-0.05, 0) is 43.9 Å². The normalized spacial score (nSPS) is 29.2. The van der Waals surface area contributed by atoms with E-state index in [1.54, 1.807) is 13.0 Å². The fourth-order valence-electron chi connectivity index (χ4n) is 2.76. The first-order valence-electron chi connectivity index (χ1n) is 6.86. The number of benzene rings is 1. The standard InChI is InChI=1S/C16H20ClNO2/c1-4-10-6-7-12(11(5-2)15(10)17)18-13-8-9-14(19)16(13,3)20/h1,6-7,13-14,18-20H,5,8-9H2,2-3H3. The lowest BCUT2D eigenvalue weighted by atomic mass is 9.97. The molecule has 3 unspecified atom stereocenters. The van der Waals surface area contributed by atoms with Crippen LogP contribution in [0.1, 0.15) is 37.8 Å². The second-order valence-corrected chi connectivity index (χ2v) is 5.84. The van der Waals surface area contributed by atoms with Crippen molar-refractivity contribution in [2.45, 2.75) is 50.9 Å². The molecule has 20 heavy (non-hydrogen) atoms. The van der Waals surface area contributed by atoms with Crippen LogP contribution in [0.4, 0.5) is 5.69 Å². The van der Waals surface area contributed by atoms with Gasteiger partial charge in [0.25, 0.3) is 0 Å². The van der Waals surface area contributed by atoms with E-state index < -0.39 is 11.7 Å². The van der Waals surface area contributed by atoms with Gasteiger partial charge in [0.05, 0.1) is 17.2 Å². The third-order valence-electron chi connectivity index (χ3n) is 4.19. The molecule has 3 N–H and O–H groups in total. The van der Waals surface area contributed by atoms with Crippen molar-refractivity contribution in [3.05, 3.63) is 28.3 Å². The van der Waals surface area contributed by atoms with E-state index in [2.05, 4.69) is 11.2 Å². The number of aliphatic hydroxyl groups excluding tert-OH is 1. The molecule has 0 aliphatic heterocycles. The van der Waals surface area contributed by atoms with Crippen LogP contribution < -0.4 is 5.32 Å². The van der Waals surface area contributed by atoms with E-state index in [0.717, 1.165) is 17.7 Å². The van der Waals surface area contributed by atoms with E-state index in [0.29, 0.717) is 23.4 Å². The van der Waals surface area contributed by atoms with Crippen LogP contribution in [0, 0.1) is 12.3 Å². The fraction of sp³-hybridized carbons (Fsp3) is 0.500. The number of hydrogen-bond donors (Lipinski definition) is 3. The number of hydrogen-bond acceptors (Lipinski definition) is 3. The molecule has 0 bridgehead atoms. The molecule has 0 saturated heterocycles. The Hall–Kier alpha value is -1.21. The van der Waals surface area contributed by atoms with Crippen molar-refractivity contribution in [3.63, 3.8) is 0 Å². The topological polar surface area (TPSA) is 52.5 Å². The summed E-state index contributed by atoms with van der Waals surface area (Å²) in [7, 11) is 0. The van der Waals surface area contributed by atoms with Gasteiger partial charge in [-0.3, -0.25) is 0 Å². The van der Waals surface area contributed by atoms with Gasteiger partial charge in [0.15, 0.2) is 0 Å². The molecule has 1 aliphatic carbocycles. The molecule has 1 fully saturated rings. The number of aliphatic hydroxyl groups is 2. The summed E-state index contributed by atoms with van der Waals surface area (Å²) < 4.78 is 0. The molecule has 1 aromatic rings. The maximum absolute atomic E-state index is 10.3. The molecule has 0 aromatic heterocycles. The quantitative estimate of drug-likeness (QED) is 0.751. The van der Waals surface area contributed by atoms with Crippen LogP contribution in [-0.2, 0) is 6.42 Å². The molecule has 3 atom stereocenters. The molecule has 4 heteroatoms. The summed E-state index contributed by atoms with van der Waals surface area (Å²) in [5.41, 5.74) is 1.35. The second kappa shape index (κ2) is 5.65. The molecule has 1 saturated carbocycles. The Kier molecular flexibility index (Phi) is 4.29. The molecule has 0 spiro atoms. The Morgan fingerprint density at radius 3 is 2.70 bits per heavy atom. The first-order chi connectivity index (χ1) is 9.41. The van der Waals surface area contributed by atoms with E-state index in [9.17, 15) is 10.2 Å². The van der Waals surface area contributed by atoms with Crippen molar-refractivity contribution in [1.29, 1.82) is 0 Å². The second-order valence-electron chi connectivity index (χ2n) is 5.47. The van der Waals surface area contributed by atoms with E-state index in [4.69, 9.17) is 18.0 Å². The molecule has 0 heterocycles. The van der Waals surface area contributed by atoms with Gasteiger partial charge >= 0.3 is 0 Å². The van der Waals surface area contributed by atoms with Crippen LogP contribution in [0.25, 0.3) is 0 Å². The van der Waals surface area contributed by atoms with Gasteiger partial charge in [-0.1, -0.05) is 24.4 Å². The summed E-state index contributed by atoms with van der Waals surface area (Å²) in [6, 6.07) is 3.49. The highest BCUT2D eigenvalue weighted by Crippen LogP contribution is 2.35. The highest BCUT2D eigenvalue weighted by molar-refractivity contribution is 6.33. The van der Waals surface area contributed by atoms with Gasteiger partial charge in [-0.2, -0.15) is 0 Å². The van der Waals surface area contributed by atoms with Gasteiger partial charge < -0.3 is 15.5 Å². The highest BCUT2D eigenvalue weighted by atomic mass is 35.5. The molecular formula is C16H20ClNO2. The van der Waals surface area contributed by atoms with E-state index in [1.165, 1.54) is 0 Å². The molecular weight excluding hydrogens is 274 g/mol. The van der Waals surface area contributed by atoms with E-state index in [-0.39, 0.29) is 6.04 Å². The Labute approximate surface area is 125 Å². The van der Waals surface area contributed by atoms with Gasteiger partial charge in [0, 0.05) is 11.3 Å². The third-order valence-corrected chi connectivity index (χ3v) is 4.62. The monoisotopic (exact) mass is 293 g/mol. The minimum atomic E-state index is -1.14. The average Bonchev–Trinajstić information content (AvgIpc) is 2.66. The fourth-order valence-corrected chi connectivity index (χ4v) is 3.11. The molecule has 1 aromatic carbocycles. The SMILES string of the molecule is C#Cc1ccc(NC2CCC(O)C2(C)O)c(CC)c1Cl. The zero-order valence-corrected chi connectivity index (χ0v) is 12.5. The van der Waals surface area contributed by atoms with Crippen LogP contribution in [0.3, 0.4) is 0 Å². The smallest absolute Gasteiger partial charge is 0.108 e. The molecule has 3 nitrogen and oxygen atoms in total. The number of rotatable bonds is 3. The maximum Gasteiger partial charge on any atom is 0.108 e. The first kappa shape index (κ1) is 15.2.